The van der Waals surface area contributed by atoms with Crippen molar-refractivity contribution in [3.8, 4) is 16.9 Å². The average Bonchev–Trinajstić information content (AvgIpc) is 3.10. The average molecular weight is 397 g/mol. The first-order valence-electron chi connectivity index (χ1n) is 8.21. The van der Waals surface area contributed by atoms with Gasteiger partial charge < -0.3 is 10.0 Å². The lowest BCUT2D eigenvalue weighted by atomic mass is 10.1. The van der Waals surface area contributed by atoms with Gasteiger partial charge in [-0.1, -0.05) is 0 Å². The van der Waals surface area contributed by atoms with Crippen LogP contribution >= 0.6 is 0 Å². The summed E-state index contributed by atoms with van der Waals surface area (Å²) in [6.45, 7) is 0.997. The van der Waals surface area contributed by atoms with Crippen LogP contribution in [-0.4, -0.2) is 61.3 Å². The fraction of sp³-hybridized carbons (Fsp3) is 0.375. The molecule has 3 rings (SSSR count). The van der Waals surface area contributed by atoms with E-state index >= 15 is 0 Å². The number of halogens is 1. The maximum absolute atomic E-state index is 14.6. The van der Waals surface area contributed by atoms with E-state index in [9.17, 15) is 22.7 Å². The second-order valence-electron chi connectivity index (χ2n) is 6.51. The predicted octanol–water partition coefficient (Wildman–Crippen LogP) is 0.527. The smallest absolute Gasteiger partial charge is 0.326 e. The van der Waals surface area contributed by atoms with Gasteiger partial charge in [0, 0.05) is 18.3 Å². The monoisotopic (exact) mass is 397 g/mol. The van der Waals surface area contributed by atoms with E-state index < -0.39 is 39.9 Å². The Labute approximate surface area is 156 Å². The summed E-state index contributed by atoms with van der Waals surface area (Å²) < 4.78 is 42.3. The molecule has 2 aromatic rings. The molecule has 27 heavy (non-hydrogen) atoms. The number of phenolic OH excluding ortho intramolecular Hbond substituents is 1. The molecule has 146 valence electrons. The first-order valence-corrected chi connectivity index (χ1v) is 9.65. The van der Waals surface area contributed by atoms with Crippen LogP contribution in [0.4, 0.5) is 10.1 Å². The highest BCUT2D eigenvalue weighted by Crippen LogP contribution is 2.37. The second kappa shape index (κ2) is 7.16. The van der Waals surface area contributed by atoms with Gasteiger partial charge in [-0.15, -0.1) is 0 Å². The molecule has 1 aromatic heterocycles. The summed E-state index contributed by atoms with van der Waals surface area (Å²) in [4.78, 5) is 13.4. The number of nitrogens with zero attached hydrogens (tertiary/aromatic N) is 4. The summed E-state index contributed by atoms with van der Waals surface area (Å²) >= 11 is 0. The quantitative estimate of drug-likeness (QED) is 0.736. The highest BCUT2D eigenvalue weighted by atomic mass is 32.2. The minimum atomic E-state index is -4.21. The number of carbonyl (C=O) groups excluding carboxylic acids is 1. The van der Waals surface area contributed by atoms with Crippen LogP contribution in [0.15, 0.2) is 24.5 Å². The van der Waals surface area contributed by atoms with E-state index in [1.54, 1.807) is 21.8 Å². The topological polar surface area (TPSA) is 108 Å². The van der Waals surface area contributed by atoms with Crippen LogP contribution in [0.3, 0.4) is 0 Å². The lowest BCUT2D eigenvalue weighted by molar-refractivity contribution is -0.117. The first-order chi connectivity index (χ1) is 12.7. The van der Waals surface area contributed by atoms with Gasteiger partial charge in [0.05, 0.1) is 6.20 Å². The van der Waals surface area contributed by atoms with Crippen molar-refractivity contribution in [1.82, 2.24) is 19.4 Å². The minimum absolute atomic E-state index is 0.350. The van der Waals surface area contributed by atoms with Crippen molar-refractivity contribution in [2.45, 2.75) is 13.0 Å². The molecule has 0 unspecified atom stereocenters. The summed E-state index contributed by atoms with van der Waals surface area (Å²) in [5.74, 6) is -2.33. The number of rotatable bonds is 6. The number of hydrogen-bond acceptors (Lipinski definition) is 6. The molecule has 11 heteroatoms. The van der Waals surface area contributed by atoms with Gasteiger partial charge in [0.15, 0.2) is 5.82 Å². The molecule has 2 N–H and O–H groups in total. The van der Waals surface area contributed by atoms with Crippen LogP contribution in [-0.2, 0) is 21.5 Å². The fourth-order valence-corrected chi connectivity index (χ4v) is 4.00. The van der Waals surface area contributed by atoms with Gasteiger partial charge in [-0.3, -0.25) is 9.48 Å². The van der Waals surface area contributed by atoms with Crippen molar-refractivity contribution in [3.63, 3.8) is 0 Å². The number of carbonyl (C=O) groups is 1. The normalized spacial score (nSPS) is 16.1. The van der Waals surface area contributed by atoms with E-state index in [4.69, 9.17) is 0 Å². The molecule has 0 atom stereocenters. The van der Waals surface area contributed by atoms with E-state index in [1.165, 1.54) is 6.07 Å². The molecule has 1 aliphatic heterocycles. The number of amides is 1. The van der Waals surface area contributed by atoms with Crippen LogP contribution in [0.25, 0.3) is 11.1 Å². The molecule has 1 aliphatic rings. The molecule has 0 spiro atoms. The Kier molecular flexibility index (Phi) is 5.07. The largest absolute Gasteiger partial charge is 0.506 e. The summed E-state index contributed by atoms with van der Waals surface area (Å²) in [7, 11) is -0.257. The Bertz CT molecular complexity index is 950. The maximum atomic E-state index is 14.6. The van der Waals surface area contributed by atoms with Crippen molar-refractivity contribution in [2.75, 3.05) is 31.5 Å². The Balaban J connectivity index is 1.85. The Hall–Kier alpha value is -2.66. The fourth-order valence-electron chi connectivity index (χ4n) is 2.83. The van der Waals surface area contributed by atoms with Gasteiger partial charge in [0.1, 0.15) is 18.0 Å². The van der Waals surface area contributed by atoms with E-state index in [0.29, 0.717) is 22.0 Å². The molecule has 0 aliphatic carbocycles. The van der Waals surface area contributed by atoms with Gasteiger partial charge in [-0.2, -0.15) is 13.5 Å². The van der Waals surface area contributed by atoms with Crippen molar-refractivity contribution in [1.29, 1.82) is 0 Å². The molecule has 0 saturated carbocycles. The molecule has 2 heterocycles. The van der Waals surface area contributed by atoms with E-state index in [1.807, 2.05) is 14.1 Å². The second-order valence-corrected chi connectivity index (χ2v) is 8.11. The number of anilines is 1. The lowest BCUT2D eigenvalue weighted by Gasteiger charge is -2.17. The number of nitrogens with one attached hydrogen (secondary N) is 1. The number of aromatic nitrogens is 2. The molecule has 0 bridgehead atoms. The zero-order valence-corrected chi connectivity index (χ0v) is 15.7. The minimum Gasteiger partial charge on any atom is -0.506 e. The van der Waals surface area contributed by atoms with Crippen LogP contribution in [0.1, 0.15) is 6.42 Å². The van der Waals surface area contributed by atoms with E-state index in [-0.39, 0.29) is 0 Å². The third-order valence-corrected chi connectivity index (χ3v) is 5.45. The number of aromatic hydroxyl groups is 1. The predicted molar refractivity (Wildman–Crippen MR) is 96.9 cm³/mol. The van der Waals surface area contributed by atoms with E-state index in [0.717, 1.165) is 19.0 Å². The Morgan fingerprint density at radius 1 is 1.33 bits per heavy atom. The van der Waals surface area contributed by atoms with Crippen molar-refractivity contribution >= 4 is 21.8 Å². The number of aryl methyl sites for hydroxylation is 1. The number of hydrogen-bond donors (Lipinski definition) is 2. The molecular weight excluding hydrogens is 377 g/mol. The third-order valence-electron chi connectivity index (χ3n) is 4.07. The van der Waals surface area contributed by atoms with E-state index in [2.05, 4.69) is 10.00 Å². The highest BCUT2D eigenvalue weighted by molar-refractivity contribution is 7.92. The zero-order chi connectivity index (χ0) is 19.8. The van der Waals surface area contributed by atoms with Gasteiger partial charge in [-0.25, -0.2) is 13.4 Å². The molecule has 0 radical (unpaired) electrons. The van der Waals surface area contributed by atoms with Gasteiger partial charge in [-0.05, 0) is 44.8 Å². The summed E-state index contributed by atoms with van der Waals surface area (Å²) in [6.07, 6.45) is 4.16. The SMILES string of the molecule is CN(C)CCCn1cc(-c2cc(O)c(N3CC(=O)NS3(=O)=O)c(F)c2)cn1. The lowest BCUT2D eigenvalue weighted by Crippen LogP contribution is -2.30. The Morgan fingerprint density at radius 3 is 2.67 bits per heavy atom. The zero-order valence-electron chi connectivity index (χ0n) is 14.9. The molecule has 1 fully saturated rings. The maximum Gasteiger partial charge on any atom is 0.326 e. The molecule has 9 nitrogen and oxygen atoms in total. The summed E-state index contributed by atoms with van der Waals surface area (Å²) in [6, 6.07) is 2.35. The van der Waals surface area contributed by atoms with Crippen LogP contribution in [0.5, 0.6) is 5.75 Å². The molecule has 1 amide bonds. The van der Waals surface area contributed by atoms with Crippen LogP contribution in [0, 0.1) is 5.82 Å². The molecule has 1 aromatic carbocycles. The third kappa shape index (κ3) is 4.03. The molecule has 1 saturated heterocycles. The van der Waals surface area contributed by atoms with Gasteiger partial charge in [0.25, 0.3) is 5.91 Å². The standard InChI is InChI=1S/C16H20FN5O4S/c1-20(2)4-3-5-21-9-12(8-18-21)11-6-13(17)16(14(23)7-11)22-10-15(24)19-27(22,25)26/h6-9,23H,3-5,10H2,1-2H3,(H,19,24). The number of phenols is 1. The number of benzene rings is 1. The van der Waals surface area contributed by atoms with Crippen LogP contribution < -0.4 is 9.03 Å². The highest BCUT2D eigenvalue weighted by Gasteiger charge is 2.37. The first kappa shape index (κ1) is 19.1. The van der Waals surface area contributed by atoms with Gasteiger partial charge in [0.2, 0.25) is 0 Å². The van der Waals surface area contributed by atoms with Crippen molar-refractivity contribution in [3.05, 3.63) is 30.3 Å². The Morgan fingerprint density at radius 2 is 2.07 bits per heavy atom. The van der Waals surface area contributed by atoms with Crippen molar-refractivity contribution in [2.24, 2.45) is 0 Å². The van der Waals surface area contributed by atoms with Crippen LogP contribution in [0.2, 0.25) is 0 Å². The van der Waals surface area contributed by atoms with Gasteiger partial charge >= 0.3 is 10.2 Å². The summed E-state index contributed by atoms with van der Waals surface area (Å²) in [5, 5.41) is 14.4. The van der Waals surface area contributed by atoms with Crippen molar-refractivity contribution < 1.29 is 22.7 Å². The molecular formula is C16H20FN5O4S. The summed E-state index contributed by atoms with van der Waals surface area (Å²) in [5.41, 5.74) is 0.373.